The third-order valence-electron chi connectivity index (χ3n) is 5.49. The monoisotopic (exact) mass is 452 g/mol. The third kappa shape index (κ3) is 7.86. The molecule has 0 spiro atoms. The molecule has 0 amide bonds. The van der Waals surface area contributed by atoms with Crippen molar-refractivity contribution >= 4 is 28.5 Å². The molecule has 0 unspecified atom stereocenters. The van der Waals surface area contributed by atoms with E-state index in [-0.39, 0.29) is 18.8 Å². The van der Waals surface area contributed by atoms with E-state index in [1.807, 2.05) is 24.3 Å². The van der Waals surface area contributed by atoms with Gasteiger partial charge in [-0.1, -0.05) is 18.2 Å². The van der Waals surface area contributed by atoms with Gasteiger partial charge < -0.3 is 23.8 Å². The molecular formula is C26H32N2O5. The lowest BCUT2D eigenvalue weighted by Crippen LogP contribution is -2.29. The maximum Gasteiger partial charge on any atom is 0.348 e. The largest absolute Gasteiger partial charge is 0.459 e. The van der Waals surface area contributed by atoms with Crippen molar-refractivity contribution in [1.82, 2.24) is 0 Å². The number of benzene rings is 2. The van der Waals surface area contributed by atoms with Crippen LogP contribution in [0.1, 0.15) is 24.8 Å². The fraction of sp³-hybridized carbons (Fsp3) is 0.462. The molecule has 7 heteroatoms. The molecule has 0 radical (unpaired) electrons. The standard InChI is InChI=1S/C26H32N2O5/c1-30-11-12-31-13-14-32-15-16-33-26(29)24(20-27)18-21-5-6-23-19-25(8-7-22(23)17-21)28-9-3-2-4-10-28/h5-8,17-19H,2-4,9-16H2,1H3/b24-18-. The van der Waals surface area contributed by atoms with Gasteiger partial charge in [0.2, 0.25) is 0 Å². The van der Waals surface area contributed by atoms with Crippen LogP contribution in [0.2, 0.25) is 0 Å². The first-order valence-electron chi connectivity index (χ1n) is 11.4. The molecule has 176 valence electrons. The normalized spacial score (nSPS) is 14.3. The zero-order valence-corrected chi connectivity index (χ0v) is 19.3. The van der Waals surface area contributed by atoms with Crippen LogP contribution in [0.25, 0.3) is 16.8 Å². The highest BCUT2D eigenvalue weighted by Gasteiger charge is 2.13. The number of rotatable bonds is 12. The average Bonchev–Trinajstić information content (AvgIpc) is 2.86. The molecule has 1 fully saturated rings. The van der Waals surface area contributed by atoms with E-state index in [1.54, 1.807) is 13.2 Å². The lowest BCUT2D eigenvalue weighted by Gasteiger charge is -2.29. The molecule has 0 aromatic heterocycles. The number of fused-ring (bicyclic) bond motifs is 1. The van der Waals surface area contributed by atoms with Gasteiger partial charge in [0.1, 0.15) is 18.2 Å². The van der Waals surface area contributed by atoms with Gasteiger partial charge in [0.25, 0.3) is 0 Å². The Kier molecular flexibility index (Phi) is 10.2. The minimum Gasteiger partial charge on any atom is -0.459 e. The van der Waals surface area contributed by atoms with Gasteiger partial charge in [-0.25, -0.2) is 4.79 Å². The average molecular weight is 453 g/mol. The van der Waals surface area contributed by atoms with Crippen molar-refractivity contribution in [1.29, 1.82) is 5.26 Å². The molecule has 33 heavy (non-hydrogen) atoms. The topological polar surface area (TPSA) is 81.0 Å². The maximum atomic E-state index is 12.3. The summed E-state index contributed by atoms with van der Waals surface area (Å²) in [5, 5.41) is 11.6. The number of hydrogen-bond donors (Lipinski definition) is 0. The lowest BCUT2D eigenvalue weighted by atomic mass is 10.0. The molecular weight excluding hydrogens is 420 g/mol. The Labute approximate surface area is 195 Å². The second-order valence-electron chi connectivity index (χ2n) is 7.86. The van der Waals surface area contributed by atoms with E-state index in [2.05, 4.69) is 23.1 Å². The Hall–Kier alpha value is -2.92. The summed E-state index contributed by atoms with van der Waals surface area (Å²) in [5.74, 6) is -0.655. The molecule has 3 rings (SSSR count). The van der Waals surface area contributed by atoms with Crippen molar-refractivity contribution in [2.45, 2.75) is 19.3 Å². The Bertz CT molecular complexity index is 976. The number of piperidine rings is 1. The molecule has 0 atom stereocenters. The van der Waals surface area contributed by atoms with Gasteiger partial charge in [-0.2, -0.15) is 5.26 Å². The highest BCUT2D eigenvalue weighted by atomic mass is 16.6. The van der Waals surface area contributed by atoms with E-state index in [0.29, 0.717) is 26.4 Å². The summed E-state index contributed by atoms with van der Waals surface area (Å²) in [6, 6.07) is 14.3. The summed E-state index contributed by atoms with van der Waals surface area (Å²) in [5.41, 5.74) is 1.99. The van der Waals surface area contributed by atoms with Crippen LogP contribution in [-0.2, 0) is 23.7 Å². The van der Waals surface area contributed by atoms with Crippen LogP contribution >= 0.6 is 0 Å². The number of methoxy groups -OCH3 is 1. The smallest absolute Gasteiger partial charge is 0.348 e. The SMILES string of the molecule is COCCOCCOCCOC(=O)/C(C#N)=C\c1ccc2cc(N3CCCCC3)ccc2c1. The van der Waals surface area contributed by atoms with Gasteiger partial charge in [0.05, 0.1) is 33.0 Å². The minimum atomic E-state index is -0.655. The number of hydrogen-bond acceptors (Lipinski definition) is 7. The van der Waals surface area contributed by atoms with Crippen LogP contribution in [0, 0.1) is 11.3 Å². The Morgan fingerprint density at radius 2 is 1.61 bits per heavy atom. The van der Waals surface area contributed by atoms with Crippen LogP contribution in [0.15, 0.2) is 42.0 Å². The van der Waals surface area contributed by atoms with Crippen molar-refractivity contribution in [3.8, 4) is 6.07 Å². The van der Waals surface area contributed by atoms with Crippen LogP contribution < -0.4 is 4.90 Å². The number of ether oxygens (including phenoxy) is 4. The highest BCUT2D eigenvalue weighted by molar-refractivity contribution is 5.98. The first-order chi connectivity index (χ1) is 16.2. The van der Waals surface area contributed by atoms with Gasteiger partial charge in [0, 0.05) is 25.9 Å². The summed E-state index contributed by atoms with van der Waals surface area (Å²) >= 11 is 0. The molecule has 0 saturated carbocycles. The number of nitriles is 1. The molecule has 1 aliphatic heterocycles. The summed E-state index contributed by atoms with van der Waals surface area (Å²) in [6.07, 6.45) is 5.35. The molecule has 1 saturated heterocycles. The van der Waals surface area contributed by atoms with E-state index in [4.69, 9.17) is 18.9 Å². The van der Waals surface area contributed by atoms with E-state index >= 15 is 0 Å². The summed E-state index contributed by atoms with van der Waals surface area (Å²) in [6.45, 7) is 4.43. The van der Waals surface area contributed by atoms with Gasteiger partial charge >= 0.3 is 5.97 Å². The molecule has 0 bridgehead atoms. The molecule has 2 aromatic carbocycles. The number of carbonyl (C=O) groups is 1. The van der Waals surface area contributed by atoms with Crippen LogP contribution in [0.4, 0.5) is 5.69 Å². The first-order valence-corrected chi connectivity index (χ1v) is 11.4. The van der Waals surface area contributed by atoms with Gasteiger partial charge in [0.15, 0.2) is 0 Å². The van der Waals surface area contributed by atoms with E-state index < -0.39 is 5.97 Å². The Morgan fingerprint density at radius 1 is 0.939 bits per heavy atom. The molecule has 2 aromatic rings. The number of esters is 1. The second kappa shape index (κ2) is 13.6. The quantitative estimate of drug-likeness (QED) is 0.209. The molecule has 0 aliphatic carbocycles. The van der Waals surface area contributed by atoms with E-state index in [0.717, 1.165) is 29.4 Å². The fourth-order valence-corrected chi connectivity index (χ4v) is 3.73. The predicted octanol–water partition coefficient (Wildman–Crippen LogP) is 3.96. The summed E-state index contributed by atoms with van der Waals surface area (Å²) in [4.78, 5) is 14.7. The molecule has 7 nitrogen and oxygen atoms in total. The second-order valence-corrected chi connectivity index (χ2v) is 7.86. The number of nitrogens with zero attached hydrogens (tertiary/aromatic N) is 2. The van der Waals surface area contributed by atoms with Crippen molar-refractivity contribution in [3.05, 3.63) is 47.5 Å². The summed E-state index contributed by atoms with van der Waals surface area (Å²) < 4.78 is 20.7. The number of carbonyl (C=O) groups excluding carboxylic acids is 1. The van der Waals surface area contributed by atoms with Crippen molar-refractivity contribution in [2.75, 3.05) is 64.7 Å². The van der Waals surface area contributed by atoms with Crippen LogP contribution in [0.3, 0.4) is 0 Å². The first kappa shape index (κ1) is 24.7. The zero-order chi connectivity index (χ0) is 23.3. The minimum absolute atomic E-state index is 0.0396. The molecule has 0 N–H and O–H groups in total. The molecule has 1 aliphatic rings. The Balaban J connectivity index is 1.51. The summed E-state index contributed by atoms with van der Waals surface area (Å²) in [7, 11) is 1.61. The molecule has 1 heterocycles. The number of anilines is 1. The zero-order valence-electron chi connectivity index (χ0n) is 19.3. The maximum absolute atomic E-state index is 12.3. The van der Waals surface area contributed by atoms with E-state index in [1.165, 1.54) is 24.9 Å². The fourth-order valence-electron chi connectivity index (χ4n) is 3.73. The van der Waals surface area contributed by atoms with Crippen molar-refractivity contribution < 1.29 is 23.7 Å². The van der Waals surface area contributed by atoms with Crippen LogP contribution in [-0.4, -0.2) is 65.8 Å². The highest BCUT2D eigenvalue weighted by Crippen LogP contribution is 2.26. The lowest BCUT2D eigenvalue weighted by molar-refractivity contribution is -0.140. The van der Waals surface area contributed by atoms with Crippen molar-refractivity contribution in [2.24, 2.45) is 0 Å². The predicted molar refractivity (Wildman–Crippen MR) is 128 cm³/mol. The van der Waals surface area contributed by atoms with Gasteiger partial charge in [-0.15, -0.1) is 0 Å². The van der Waals surface area contributed by atoms with Crippen molar-refractivity contribution in [3.63, 3.8) is 0 Å². The third-order valence-corrected chi connectivity index (χ3v) is 5.49. The van der Waals surface area contributed by atoms with Gasteiger partial charge in [-0.05, 0) is 59.9 Å². The van der Waals surface area contributed by atoms with Gasteiger partial charge in [-0.3, -0.25) is 0 Å². The van der Waals surface area contributed by atoms with Crippen LogP contribution in [0.5, 0.6) is 0 Å². The Morgan fingerprint density at radius 3 is 2.33 bits per heavy atom. The van der Waals surface area contributed by atoms with E-state index in [9.17, 15) is 10.1 Å².